The predicted octanol–water partition coefficient (Wildman–Crippen LogP) is 3.06. The van der Waals surface area contributed by atoms with Gasteiger partial charge in [-0.05, 0) is 47.9 Å². The molecule has 7 heteroatoms. The van der Waals surface area contributed by atoms with Gasteiger partial charge in [-0.1, -0.05) is 30.3 Å². The number of hydrogen-bond acceptors (Lipinski definition) is 5. The molecule has 0 spiro atoms. The predicted molar refractivity (Wildman–Crippen MR) is 100 cm³/mol. The lowest BCUT2D eigenvalue weighted by molar-refractivity contribution is 0.573. The lowest BCUT2D eigenvalue weighted by Gasteiger charge is -2.08. The molecule has 4 aromatic rings. The zero-order valence-corrected chi connectivity index (χ0v) is 15.0. The fraction of sp³-hybridized carbons (Fsp3) is 0.150. The molecule has 0 aliphatic rings. The van der Waals surface area contributed by atoms with Gasteiger partial charge in [-0.3, -0.25) is 0 Å². The van der Waals surface area contributed by atoms with Crippen molar-refractivity contribution in [3.8, 4) is 23.1 Å². The highest BCUT2D eigenvalue weighted by molar-refractivity contribution is 5.54. The van der Waals surface area contributed by atoms with Crippen molar-refractivity contribution in [1.29, 1.82) is 5.26 Å². The molecule has 0 unspecified atom stereocenters. The Morgan fingerprint density at radius 1 is 1.04 bits per heavy atom. The minimum Gasteiger partial charge on any atom is -0.240 e. The van der Waals surface area contributed by atoms with E-state index in [9.17, 15) is 0 Å². The number of hydrogen-bond donors (Lipinski definition) is 0. The summed E-state index contributed by atoms with van der Waals surface area (Å²) < 4.78 is 1.85. The van der Waals surface area contributed by atoms with Crippen molar-refractivity contribution in [3.63, 3.8) is 0 Å². The minimum absolute atomic E-state index is 0.490. The Bertz CT molecular complexity index is 1110. The molecule has 0 saturated carbocycles. The smallest absolute Gasteiger partial charge is 0.208 e. The van der Waals surface area contributed by atoms with Gasteiger partial charge >= 0.3 is 0 Å². The Labute approximate surface area is 156 Å². The standard InChI is InChI=1S/C20H17N7/c1-14-4-3-5-15(2)19(14)26-13-18(11-22-26)20-23-25-27(24-20)12-17-8-6-16(10-21)7-9-17/h3-9,11,13H,12H2,1-2H3. The molecule has 0 atom stereocenters. The van der Waals surface area contributed by atoms with Gasteiger partial charge in [0.15, 0.2) is 0 Å². The van der Waals surface area contributed by atoms with Gasteiger partial charge in [0.1, 0.15) is 0 Å². The van der Waals surface area contributed by atoms with Crippen LogP contribution in [-0.2, 0) is 6.54 Å². The highest BCUT2D eigenvalue weighted by Gasteiger charge is 2.12. The zero-order valence-electron chi connectivity index (χ0n) is 15.0. The normalized spacial score (nSPS) is 10.7. The number of nitriles is 1. The topological polar surface area (TPSA) is 85.2 Å². The second kappa shape index (κ2) is 6.84. The van der Waals surface area contributed by atoms with Gasteiger partial charge in [-0.2, -0.15) is 15.2 Å². The Kier molecular flexibility index (Phi) is 4.22. The molecule has 2 aromatic heterocycles. The third kappa shape index (κ3) is 3.33. The van der Waals surface area contributed by atoms with E-state index in [-0.39, 0.29) is 0 Å². The lowest BCUT2D eigenvalue weighted by Crippen LogP contribution is -2.03. The minimum atomic E-state index is 0.490. The molecule has 0 bridgehead atoms. The number of benzene rings is 2. The van der Waals surface area contributed by atoms with E-state index in [4.69, 9.17) is 5.26 Å². The summed E-state index contributed by atoms with van der Waals surface area (Å²) in [6.45, 7) is 4.62. The molecule has 2 heterocycles. The van der Waals surface area contributed by atoms with Crippen LogP contribution in [0.15, 0.2) is 54.9 Å². The molecule has 0 saturated heterocycles. The van der Waals surface area contributed by atoms with Crippen LogP contribution in [0.3, 0.4) is 0 Å². The summed E-state index contributed by atoms with van der Waals surface area (Å²) in [4.78, 5) is 1.53. The molecule has 7 nitrogen and oxygen atoms in total. The number of tetrazole rings is 1. The number of aryl methyl sites for hydroxylation is 2. The number of rotatable bonds is 4. The molecule has 0 fully saturated rings. The fourth-order valence-corrected chi connectivity index (χ4v) is 3.00. The van der Waals surface area contributed by atoms with Crippen LogP contribution in [0.4, 0.5) is 0 Å². The van der Waals surface area contributed by atoms with Crippen LogP contribution in [0.1, 0.15) is 22.3 Å². The molecule has 0 aliphatic heterocycles. The van der Waals surface area contributed by atoms with Crippen molar-refractivity contribution in [1.82, 2.24) is 30.0 Å². The van der Waals surface area contributed by atoms with Crippen molar-refractivity contribution in [2.75, 3.05) is 0 Å². The summed E-state index contributed by atoms with van der Waals surface area (Å²) in [5, 5.41) is 26.0. The summed E-state index contributed by atoms with van der Waals surface area (Å²) in [5.41, 5.74) is 5.82. The highest BCUT2D eigenvalue weighted by Crippen LogP contribution is 2.21. The van der Waals surface area contributed by atoms with Crippen molar-refractivity contribution in [2.45, 2.75) is 20.4 Å². The van der Waals surface area contributed by atoms with E-state index in [0.29, 0.717) is 17.9 Å². The average Bonchev–Trinajstić information content (AvgIpc) is 3.32. The molecule has 0 radical (unpaired) electrons. The quantitative estimate of drug-likeness (QED) is 0.562. The molecule has 4 rings (SSSR count). The molecular formula is C20H17N7. The van der Waals surface area contributed by atoms with Crippen LogP contribution in [0, 0.1) is 25.2 Å². The van der Waals surface area contributed by atoms with Crippen molar-refractivity contribution >= 4 is 0 Å². The van der Waals surface area contributed by atoms with E-state index in [0.717, 1.165) is 27.9 Å². The first-order valence-corrected chi connectivity index (χ1v) is 8.52. The Hall–Kier alpha value is -3.79. The van der Waals surface area contributed by atoms with E-state index < -0.39 is 0 Å². The molecule has 0 amide bonds. The Morgan fingerprint density at radius 3 is 2.48 bits per heavy atom. The van der Waals surface area contributed by atoms with Crippen molar-refractivity contribution in [3.05, 3.63) is 77.1 Å². The van der Waals surface area contributed by atoms with Gasteiger partial charge in [0, 0.05) is 6.20 Å². The largest absolute Gasteiger partial charge is 0.240 e. The molecule has 0 aliphatic carbocycles. The second-order valence-electron chi connectivity index (χ2n) is 6.37. The van der Waals surface area contributed by atoms with Gasteiger partial charge in [0.25, 0.3) is 0 Å². The number of nitrogens with zero attached hydrogens (tertiary/aromatic N) is 7. The van der Waals surface area contributed by atoms with E-state index >= 15 is 0 Å². The number of aromatic nitrogens is 6. The third-order valence-electron chi connectivity index (χ3n) is 4.37. The summed E-state index contributed by atoms with van der Waals surface area (Å²) >= 11 is 0. The van der Waals surface area contributed by atoms with Gasteiger partial charge in [0.05, 0.1) is 35.6 Å². The maximum atomic E-state index is 8.87. The first-order valence-electron chi connectivity index (χ1n) is 8.52. The maximum absolute atomic E-state index is 8.87. The lowest BCUT2D eigenvalue weighted by atomic mass is 10.1. The second-order valence-corrected chi connectivity index (χ2v) is 6.37. The van der Waals surface area contributed by atoms with Gasteiger partial charge < -0.3 is 0 Å². The Balaban J connectivity index is 1.57. The van der Waals surface area contributed by atoms with Crippen LogP contribution in [0.25, 0.3) is 17.1 Å². The summed E-state index contributed by atoms with van der Waals surface area (Å²) in [5.74, 6) is 0.529. The van der Waals surface area contributed by atoms with Crippen LogP contribution >= 0.6 is 0 Å². The number of para-hydroxylation sites is 1. The van der Waals surface area contributed by atoms with Gasteiger partial charge in [-0.25, -0.2) is 4.68 Å². The first kappa shape index (κ1) is 16.7. The van der Waals surface area contributed by atoms with Crippen molar-refractivity contribution < 1.29 is 0 Å². The Morgan fingerprint density at radius 2 is 1.78 bits per heavy atom. The third-order valence-corrected chi connectivity index (χ3v) is 4.37. The summed E-state index contributed by atoms with van der Waals surface area (Å²) in [7, 11) is 0. The highest BCUT2D eigenvalue weighted by atomic mass is 15.6. The molecule has 132 valence electrons. The van der Waals surface area contributed by atoms with Crippen LogP contribution < -0.4 is 0 Å². The monoisotopic (exact) mass is 355 g/mol. The summed E-state index contributed by atoms with van der Waals surface area (Å²) in [6.07, 6.45) is 3.66. The van der Waals surface area contributed by atoms with E-state index in [1.807, 2.05) is 29.1 Å². The first-order chi connectivity index (χ1) is 13.1. The SMILES string of the molecule is Cc1cccc(C)c1-n1cc(-c2nnn(Cc3ccc(C#N)cc3)n2)cn1. The van der Waals surface area contributed by atoms with Gasteiger partial charge in [0.2, 0.25) is 5.82 Å². The molecule has 2 aromatic carbocycles. The molecule has 27 heavy (non-hydrogen) atoms. The zero-order chi connectivity index (χ0) is 18.8. The average molecular weight is 355 g/mol. The van der Waals surface area contributed by atoms with E-state index in [1.165, 1.54) is 4.80 Å². The van der Waals surface area contributed by atoms with Crippen LogP contribution in [-0.4, -0.2) is 30.0 Å². The molecular weight excluding hydrogens is 338 g/mol. The van der Waals surface area contributed by atoms with Crippen LogP contribution in [0.5, 0.6) is 0 Å². The van der Waals surface area contributed by atoms with Crippen LogP contribution in [0.2, 0.25) is 0 Å². The summed E-state index contributed by atoms with van der Waals surface area (Å²) in [6, 6.07) is 15.6. The van der Waals surface area contributed by atoms with Gasteiger partial charge in [-0.15, -0.1) is 10.2 Å². The van der Waals surface area contributed by atoms with E-state index in [2.05, 4.69) is 52.6 Å². The van der Waals surface area contributed by atoms with E-state index in [1.54, 1.807) is 18.3 Å². The fourth-order valence-electron chi connectivity index (χ4n) is 3.00. The van der Waals surface area contributed by atoms with Crippen molar-refractivity contribution in [2.24, 2.45) is 0 Å². The molecule has 0 N–H and O–H groups in total. The maximum Gasteiger partial charge on any atom is 0.208 e.